The number of aliphatic hydroxyl groups excluding tert-OH is 1. The third kappa shape index (κ3) is 3.98. The van der Waals surface area contributed by atoms with Gasteiger partial charge in [-0.3, -0.25) is 4.90 Å². The smallest absolute Gasteiger partial charge is 0.295 e. The second kappa shape index (κ2) is 8.17. The number of nitrogens with one attached hydrogen (secondary N) is 1. The van der Waals surface area contributed by atoms with E-state index < -0.39 is 12.5 Å². The molecule has 3 aliphatic rings. The molecule has 2 aliphatic heterocycles. The molecule has 1 aromatic heterocycles. The molecule has 2 fully saturated rings. The van der Waals surface area contributed by atoms with Crippen molar-refractivity contribution in [1.29, 1.82) is 0 Å². The number of halogens is 3. The van der Waals surface area contributed by atoms with Crippen LogP contribution in [0.3, 0.4) is 0 Å². The van der Waals surface area contributed by atoms with Gasteiger partial charge in [-0.1, -0.05) is 18.2 Å². The lowest BCUT2D eigenvalue weighted by molar-refractivity contribution is -0.199. The lowest BCUT2D eigenvalue weighted by Gasteiger charge is -2.58. The number of nitrogens with zero attached hydrogens (tertiary/aromatic N) is 3. The van der Waals surface area contributed by atoms with E-state index in [1.807, 2.05) is 6.92 Å². The number of likely N-dealkylation sites (tertiary alicyclic amines) is 1. The monoisotopic (exact) mass is 464 g/mol. The molecule has 0 saturated carbocycles. The molecule has 0 amide bonds. The van der Waals surface area contributed by atoms with E-state index in [1.165, 1.54) is 12.1 Å². The highest BCUT2D eigenvalue weighted by Gasteiger charge is 2.51. The first kappa shape index (κ1) is 21.9. The van der Waals surface area contributed by atoms with Crippen LogP contribution in [0.25, 0.3) is 0 Å². The highest BCUT2D eigenvalue weighted by molar-refractivity contribution is 6.28. The van der Waals surface area contributed by atoms with Crippen LogP contribution in [0, 0.1) is 5.41 Å². The zero-order chi connectivity index (χ0) is 22.5. The third-order valence-electron chi connectivity index (χ3n) is 6.99. The van der Waals surface area contributed by atoms with Crippen molar-refractivity contribution in [3.63, 3.8) is 0 Å². The average molecular weight is 465 g/mol. The summed E-state index contributed by atoms with van der Waals surface area (Å²) in [6, 6.07) is 6.27. The summed E-state index contributed by atoms with van der Waals surface area (Å²) in [5.41, 5.74) is 2.86. The first-order chi connectivity index (χ1) is 15.3. The van der Waals surface area contributed by atoms with Gasteiger partial charge in [0, 0.05) is 41.7 Å². The summed E-state index contributed by atoms with van der Waals surface area (Å²) in [6.45, 7) is 4.56. The molecule has 1 spiro atoms. The van der Waals surface area contributed by atoms with Gasteiger partial charge in [-0.05, 0) is 49.4 Å². The Bertz CT molecular complexity index is 1010. The van der Waals surface area contributed by atoms with Crippen molar-refractivity contribution in [3.05, 3.63) is 51.9 Å². The molecule has 0 bridgehead atoms. The molecule has 5 rings (SSSR count). The fraction of sp³-hybridized carbons (Fsp3) is 0.565. The van der Waals surface area contributed by atoms with Crippen LogP contribution in [0.2, 0.25) is 5.28 Å². The van der Waals surface area contributed by atoms with Crippen molar-refractivity contribution >= 4 is 17.4 Å². The number of aromatic nitrogens is 2. The molecule has 1 aliphatic carbocycles. The summed E-state index contributed by atoms with van der Waals surface area (Å²) in [5.74, 6) is -2.61. The molecule has 32 heavy (non-hydrogen) atoms. The molecule has 1 unspecified atom stereocenters. The lowest BCUT2D eigenvalue weighted by Crippen LogP contribution is -2.68. The molecule has 0 radical (unpaired) electrons. The number of hydrogen-bond donors (Lipinski definition) is 2. The van der Waals surface area contributed by atoms with E-state index in [2.05, 4.69) is 20.2 Å². The highest BCUT2D eigenvalue weighted by atomic mass is 35.5. The van der Waals surface area contributed by atoms with Crippen molar-refractivity contribution in [3.8, 4) is 0 Å². The van der Waals surface area contributed by atoms with E-state index in [4.69, 9.17) is 21.4 Å². The predicted octanol–water partition coefficient (Wildman–Crippen LogP) is 3.58. The van der Waals surface area contributed by atoms with Gasteiger partial charge in [0.2, 0.25) is 5.28 Å². The first-order valence-electron chi connectivity index (χ1n) is 11.0. The van der Waals surface area contributed by atoms with Crippen molar-refractivity contribution in [1.82, 2.24) is 14.9 Å². The Hall–Kier alpha value is -1.87. The van der Waals surface area contributed by atoms with Crippen LogP contribution in [-0.4, -0.2) is 58.9 Å². The quantitative estimate of drug-likeness (QED) is 0.637. The minimum absolute atomic E-state index is 0.187. The number of alkyl halides is 2. The van der Waals surface area contributed by atoms with E-state index in [0.29, 0.717) is 22.8 Å². The Morgan fingerprint density at radius 3 is 2.81 bits per heavy atom. The van der Waals surface area contributed by atoms with Gasteiger partial charge in [0.1, 0.15) is 12.4 Å². The summed E-state index contributed by atoms with van der Waals surface area (Å²) in [5, 5.41) is 12.6. The van der Waals surface area contributed by atoms with E-state index >= 15 is 0 Å². The number of aryl methyl sites for hydroxylation is 1. The molecule has 2 N–H and O–H groups in total. The van der Waals surface area contributed by atoms with Gasteiger partial charge >= 0.3 is 0 Å². The van der Waals surface area contributed by atoms with Crippen LogP contribution < -0.4 is 5.32 Å². The Balaban J connectivity index is 1.35. The summed E-state index contributed by atoms with van der Waals surface area (Å²) in [7, 11) is 0. The largest absolute Gasteiger partial charge is 0.390 e. The second-order valence-electron chi connectivity index (χ2n) is 9.41. The van der Waals surface area contributed by atoms with Crippen LogP contribution in [-0.2, 0) is 23.5 Å². The molecule has 1 aromatic carbocycles. The van der Waals surface area contributed by atoms with Gasteiger partial charge in [-0.2, -0.15) is 8.78 Å². The Morgan fingerprint density at radius 2 is 2.12 bits per heavy atom. The summed E-state index contributed by atoms with van der Waals surface area (Å²) >= 11 is 6.20. The number of anilines is 1. The fourth-order valence-corrected chi connectivity index (χ4v) is 5.24. The van der Waals surface area contributed by atoms with E-state index in [9.17, 15) is 8.78 Å². The Morgan fingerprint density at radius 1 is 1.34 bits per heavy atom. The maximum absolute atomic E-state index is 14.0. The third-order valence-corrected chi connectivity index (χ3v) is 7.16. The molecule has 2 aromatic rings. The number of ether oxygens (including phenoxy) is 1. The molecule has 3 heterocycles. The van der Waals surface area contributed by atoms with Gasteiger partial charge in [-0.25, -0.2) is 9.97 Å². The van der Waals surface area contributed by atoms with E-state index in [0.717, 1.165) is 56.8 Å². The minimum atomic E-state index is -3.28. The molecule has 172 valence electrons. The molecule has 2 atom stereocenters. The topological polar surface area (TPSA) is 70.5 Å². The summed E-state index contributed by atoms with van der Waals surface area (Å²) in [4.78, 5) is 11.4. The van der Waals surface area contributed by atoms with Crippen LogP contribution in [0.1, 0.15) is 41.8 Å². The number of hydrogen-bond acceptors (Lipinski definition) is 6. The van der Waals surface area contributed by atoms with Gasteiger partial charge in [0.25, 0.3) is 5.92 Å². The maximum Gasteiger partial charge on any atom is 0.295 e. The van der Waals surface area contributed by atoms with Crippen LogP contribution >= 0.6 is 11.6 Å². The molecular formula is C23H27ClF2N4O2. The van der Waals surface area contributed by atoms with Gasteiger partial charge in [0.15, 0.2) is 0 Å². The van der Waals surface area contributed by atoms with Gasteiger partial charge < -0.3 is 15.2 Å². The van der Waals surface area contributed by atoms with Crippen molar-refractivity contribution in [2.45, 2.75) is 44.2 Å². The van der Waals surface area contributed by atoms with Crippen LogP contribution in [0.15, 0.2) is 24.3 Å². The standard InChI is InChI=1S/C23H27ClF2N4O2/c1-14(15-3-2-4-16(7-15)23(25,26)11-31)27-20-18-8-17(5-6-19(18)28-21(24)29-20)30-9-22(10-30)12-32-13-22/h2-4,7,14,17,31H,5-6,8-13H2,1H3,(H,27,28,29)/t14-,17?/m1/s1. The average Bonchev–Trinajstić information content (AvgIpc) is 2.72. The zero-order valence-electron chi connectivity index (χ0n) is 18.0. The van der Waals surface area contributed by atoms with Gasteiger partial charge in [-0.15, -0.1) is 0 Å². The van der Waals surface area contributed by atoms with Crippen molar-refractivity contribution in [2.24, 2.45) is 5.41 Å². The number of aliphatic hydroxyl groups is 1. The van der Waals surface area contributed by atoms with E-state index in [1.54, 1.807) is 12.1 Å². The molecule has 2 saturated heterocycles. The number of benzene rings is 1. The lowest BCUT2D eigenvalue weighted by atomic mass is 9.75. The fourth-order valence-electron chi connectivity index (χ4n) is 5.06. The summed E-state index contributed by atoms with van der Waals surface area (Å²) in [6.07, 6.45) is 2.70. The summed E-state index contributed by atoms with van der Waals surface area (Å²) < 4.78 is 33.3. The maximum atomic E-state index is 14.0. The normalized spacial score (nSPS) is 23.2. The van der Waals surface area contributed by atoms with E-state index in [-0.39, 0.29) is 16.9 Å². The van der Waals surface area contributed by atoms with Crippen LogP contribution in [0.5, 0.6) is 0 Å². The number of fused-ring (bicyclic) bond motifs is 1. The zero-order valence-corrected chi connectivity index (χ0v) is 18.7. The highest BCUT2D eigenvalue weighted by Crippen LogP contribution is 2.41. The number of rotatable bonds is 6. The first-order valence-corrected chi connectivity index (χ1v) is 11.4. The van der Waals surface area contributed by atoms with Crippen molar-refractivity contribution in [2.75, 3.05) is 38.2 Å². The Labute approximate surface area is 191 Å². The molecular weight excluding hydrogens is 438 g/mol. The van der Waals surface area contributed by atoms with Gasteiger partial charge in [0.05, 0.1) is 18.9 Å². The minimum Gasteiger partial charge on any atom is -0.390 e. The second-order valence-corrected chi connectivity index (χ2v) is 9.75. The van der Waals surface area contributed by atoms with Crippen molar-refractivity contribution < 1.29 is 18.6 Å². The Kier molecular flexibility index (Phi) is 5.60. The molecule has 6 nitrogen and oxygen atoms in total. The van der Waals surface area contributed by atoms with Crippen LogP contribution in [0.4, 0.5) is 14.6 Å². The predicted molar refractivity (Wildman–Crippen MR) is 117 cm³/mol. The SMILES string of the molecule is C[C@@H](Nc1nc(Cl)nc2c1CC(N1CC3(COC3)C1)CC2)c1cccc(C(F)(F)CO)c1. The molecule has 9 heteroatoms.